The number of aromatic nitrogens is 2. The molecule has 3 heterocycles. The number of piperidine rings is 1. The molecule has 0 radical (unpaired) electrons. The molecule has 0 bridgehead atoms. The van der Waals surface area contributed by atoms with Crippen molar-refractivity contribution in [1.82, 2.24) is 20.0 Å². The molecule has 2 aliphatic heterocycles. The molecule has 1 unspecified atom stereocenters. The Labute approximate surface area is 153 Å². The number of hydrogen-bond donors (Lipinski definition) is 1. The second kappa shape index (κ2) is 6.85. The van der Waals surface area contributed by atoms with Crippen molar-refractivity contribution in [1.29, 1.82) is 0 Å². The number of H-pyrrole nitrogens is 1. The molecule has 4 rings (SSSR count). The van der Waals surface area contributed by atoms with Crippen LogP contribution in [0, 0.1) is 11.3 Å². The van der Waals surface area contributed by atoms with Gasteiger partial charge in [-0.3, -0.25) is 19.5 Å². The van der Waals surface area contributed by atoms with Crippen molar-refractivity contribution >= 4 is 17.6 Å². The Morgan fingerprint density at radius 1 is 1.23 bits per heavy atom. The van der Waals surface area contributed by atoms with E-state index in [-0.39, 0.29) is 28.9 Å². The lowest BCUT2D eigenvalue weighted by Gasteiger charge is -2.54. The van der Waals surface area contributed by atoms with Crippen LogP contribution in [0.25, 0.3) is 0 Å². The molecule has 1 spiro atoms. The number of carbonyl (C=O) groups excluding carboxylic acids is 3. The number of carbonyl (C=O) groups is 3. The molecule has 1 saturated carbocycles. The first kappa shape index (κ1) is 17.2. The number of Topliss-reactive ketones (excluding diaryl/α,β-unsaturated/α-hetero) is 1. The van der Waals surface area contributed by atoms with Gasteiger partial charge in [-0.15, -0.1) is 0 Å². The Morgan fingerprint density at radius 2 is 2.00 bits per heavy atom. The molecule has 3 fully saturated rings. The second-order valence-electron chi connectivity index (χ2n) is 8.14. The minimum atomic E-state index is -0.0847. The van der Waals surface area contributed by atoms with Gasteiger partial charge in [0.1, 0.15) is 5.78 Å². The van der Waals surface area contributed by atoms with Crippen LogP contribution in [0.5, 0.6) is 0 Å². The van der Waals surface area contributed by atoms with Crippen molar-refractivity contribution in [3.63, 3.8) is 0 Å². The summed E-state index contributed by atoms with van der Waals surface area (Å²) in [4.78, 5) is 40.2. The van der Waals surface area contributed by atoms with Crippen molar-refractivity contribution < 1.29 is 14.4 Å². The van der Waals surface area contributed by atoms with Crippen LogP contribution >= 0.6 is 0 Å². The van der Waals surface area contributed by atoms with E-state index in [1.54, 1.807) is 6.20 Å². The van der Waals surface area contributed by atoms with Crippen LogP contribution in [0.15, 0.2) is 12.3 Å². The molecule has 1 aliphatic carbocycles. The number of hydrogen-bond acceptors (Lipinski definition) is 4. The fourth-order valence-electron chi connectivity index (χ4n) is 4.56. The topological polar surface area (TPSA) is 86.4 Å². The lowest BCUT2D eigenvalue weighted by molar-refractivity contribution is -0.151. The van der Waals surface area contributed by atoms with Gasteiger partial charge in [-0.25, -0.2) is 0 Å². The van der Waals surface area contributed by atoms with E-state index in [1.165, 1.54) is 0 Å². The molecule has 1 aromatic heterocycles. The summed E-state index contributed by atoms with van der Waals surface area (Å²) in [6.07, 6.45) is 6.55. The predicted octanol–water partition coefficient (Wildman–Crippen LogP) is 1.16. The molecule has 0 aromatic carbocycles. The van der Waals surface area contributed by atoms with E-state index in [1.807, 2.05) is 15.9 Å². The zero-order valence-corrected chi connectivity index (χ0v) is 15.1. The van der Waals surface area contributed by atoms with Gasteiger partial charge in [0, 0.05) is 68.7 Å². The normalized spacial score (nSPS) is 24.8. The van der Waals surface area contributed by atoms with Gasteiger partial charge < -0.3 is 9.80 Å². The molecule has 2 amide bonds. The summed E-state index contributed by atoms with van der Waals surface area (Å²) in [6, 6.07) is 1.90. The van der Waals surface area contributed by atoms with E-state index < -0.39 is 0 Å². The van der Waals surface area contributed by atoms with Crippen LogP contribution in [0.1, 0.15) is 44.2 Å². The minimum absolute atomic E-state index is 0.0847. The van der Waals surface area contributed by atoms with Crippen molar-refractivity contribution in [2.75, 3.05) is 26.2 Å². The fraction of sp³-hybridized carbons (Fsp3) is 0.684. The highest BCUT2D eigenvalue weighted by molar-refractivity contribution is 5.90. The monoisotopic (exact) mass is 358 g/mol. The highest BCUT2D eigenvalue weighted by Crippen LogP contribution is 2.41. The van der Waals surface area contributed by atoms with E-state index in [0.29, 0.717) is 25.7 Å². The molecular weight excluding hydrogens is 332 g/mol. The lowest BCUT2D eigenvalue weighted by Crippen LogP contribution is -2.62. The number of nitrogens with one attached hydrogen (secondary N) is 1. The standard InChI is InChI=1S/C19H26N4O3/c24-16-3-1-14(11-16)18(26)22-9-6-19(7-10-22)12-23(13-19)17(25)4-2-15-5-8-20-21-15/h5,8,14H,1-4,6-7,9-13H2,(H,20,21). The van der Waals surface area contributed by atoms with Crippen LogP contribution in [-0.2, 0) is 20.8 Å². The Morgan fingerprint density at radius 3 is 2.62 bits per heavy atom. The molecule has 1 atom stereocenters. The average molecular weight is 358 g/mol. The Bertz CT molecular complexity index is 684. The number of ketones is 1. The maximum Gasteiger partial charge on any atom is 0.226 e. The molecule has 2 saturated heterocycles. The third-order valence-corrected chi connectivity index (χ3v) is 6.30. The Kier molecular flexibility index (Phi) is 4.54. The number of nitrogens with zero attached hydrogens (tertiary/aromatic N) is 3. The van der Waals surface area contributed by atoms with E-state index in [9.17, 15) is 14.4 Å². The van der Waals surface area contributed by atoms with Crippen LogP contribution in [-0.4, -0.2) is 63.8 Å². The van der Waals surface area contributed by atoms with Crippen molar-refractivity contribution in [3.05, 3.63) is 18.0 Å². The second-order valence-corrected chi connectivity index (χ2v) is 8.14. The molecular formula is C19H26N4O3. The van der Waals surface area contributed by atoms with Gasteiger partial charge in [0.25, 0.3) is 0 Å². The van der Waals surface area contributed by atoms with Gasteiger partial charge in [0.2, 0.25) is 11.8 Å². The number of likely N-dealkylation sites (tertiary alicyclic amines) is 2. The summed E-state index contributed by atoms with van der Waals surface area (Å²) in [7, 11) is 0. The fourth-order valence-corrected chi connectivity index (χ4v) is 4.56. The number of aryl methyl sites for hydroxylation is 1. The van der Waals surface area contributed by atoms with E-state index in [4.69, 9.17) is 0 Å². The smallest absolute Gasteiger partial charge is 0.226 e. The third kappa shape index (κ3) is 3.39. The zero-order chi connectivity index (χ0) is 18.1. The summed E-state index contributed by atoms with van der Waals surface area (Å²) < 4.78 is 0. The van der Waals surface area contributed by atoms with Gasteiger partial charge in [-0.05, 0) is 31.7 Å². The summed E-state index contributed by atoms with van der Waals surface area (Å²) in [6.45, 7) is 3.16. The van der Waals surface area contributed by atoms with Gasteiger partial charge >= 0.3 is 0 Å². The molecule has 140 valence electrons. The van der Waals surface area contributed by atoms with Crippen LogP contribution in [0.2, 0.25) is 0 Å². The third-order valence-electron chi connectivity index (χ3n) is 6.30. The first-order valence-corrected chi connectivity index (χ1v) is 9.61. The van der Waals surface area contributed by atoms with Gasteiger partial charge in [-0.1, -0.05) is 0 Å². The van der Waals surface area contributed by atoms with E-state index >= 15 is 0 Å². The molecule has 26 heavy (non-hydrogen) atoms. The number of amides is 2. The quantitative estimate of drug-likeness (QED) is 0.875. The number of aromatic amines is 1. The largest absolute Gasteiger partial charge is 0.342 e. The molecule has 1 N–H and O–H groups in total. The first-order chi connectivity index (χ1) is 12.5. The van der Waals surface area contributed by atoms with Crippen LogP contribution in [0.3, 0.4) is 0 Å². The average Bonchev–Trinajstić information content (AvgIpc) is 3.28. The summed E-state index contributed by atoms with van der Waals surface area (Å²) in [5.74, 6) is 0.504. The van der Waals surface area contributed by atoms with Crippen LogP contribution in [0.4, 0.5) is 0 Å². The molecule has 3 aliphatic rings. The summed E-state index contributed by atoms with van der Waals surface area (Å²) >= 11 is 0. The van der Waals surface area contributed by atoms with Gasteiger partial charge in [-0.2, -0.15) is 5.10 Å². The Balaban J connectivity index is 1.21. The summed E-state index contributed by atoms with van der Waals surface area (Å²) in [5, 5.41) is 6.79. The predicted molar refractivity (Wildman–Crippen MR) is 94.1 cm³/mol. The molecule has 7 heteroatoms. The highest BCUT2D eigenvalue weighted by atomic mass is 16.2. The highest BCUT2D eigenvalue weighted by Gasteiger charge is 2.47. The first-order valence-electron chi connectivity index (χ1n) is 9.61. The molecule has 1 aromatic rings. The van der Waals surface area contributed by atoms with Crippen molar-refractivity contribution in [2.24, 2.45) is 11.3 Å². The van der Waals surface area contributed by atoms with Gasteiger partial charge in [0.15, 0.2) is 0 Å². The van der Waals surface area contributed by atoms with Gasteiger partial charge in [0.05, 0.1) is 0 Å². The Hall–Kier alpha value is -2.18. The summed E-state index contributed by atoms with van der Waals surface area (Å²) in [5.41, 5.74) is 1.19. The lowest BCUT2D eigenvalue weighted by atomic mass is 9.71. The maximum atomic E-state index is 12.5. The van der Waals surface area contributed by atoms with Crippen LogP contribution < -0.4 is 0 Å². The minimum Gasteiger partial charge on any atom is -0.342 e. The van der Waals surface area contributed by atoms with E-state index in [2.05, 4.69) is 10.2 Å². The SMILES string of the molecule is O=C1CCC(C(=O)N2CCC3(CC2)CN(C(=O)CCc2ccn[nH]2)C3)C1. The zero-order valence-electron chi connectivity index (χ0n) is 15.1. The maximum absolute atomic E-state index is 12.5. The number of rotatable bonds is 4. The van der Waals surface area contributed by atoms with E-state index in [0.717, 1.165) is 51.1 Å². The molecule has 7 nitrogen and oxygen atoms in total. The van der Waals surface area contributed by atoms with Crippen molar-refractivity contribution in [2.45, 2.75) is 44.9 Å². The van der Waals surface area contributed by atoms with Crippen molar-refractivity contribution in [3.8, 4) is 0 Å².